The van der Waals surface area contributed by atoms with E-state index < -0.39 is 42.4 Å². The van der Waals surface area contributed by atoms with Gasteiger partial charge in [-0.15, -0.1) is 0 Å². The fourth-order valence-corrected chi connectivity index (χ4v) is 1.80. The Morgan fingerprint density at radius 2 is 2.06 bits per heavy atom. The summed E-state index contributed by atoms with van der Waals surface area (Å²) in [5, 5.41) is 28.2. The van der Waals surface area contributed by atoms with E-state index in [4.69, 9.17) is 15.6 Å². The molecule has 9 nitrogen and oxygen atoms in total. The van der Waals surface area contributed by atoms with Crippen LogP contribution in [0.1, 0.15) is 6.23 Å². The number of hydrogen-bond donors (Lipinski definition) is 5. The lowest BCUT2D eigenvalue weighted by Crippen LogP contribution is -2.38. The molecule has 1 aromatic heterocycles. The van der Waals surface area contributed by atoms with Crippen molar-refractivity contribution in [1.29, 1.82) is 0 Å². The molecule has 0 radical (unpaired) electrons. The maximum absolute atomic E-state index is 11.5. The molecule has 0 amide bonds. The van der Waals surface area contributed by atoms with E-state index in [1.165, 1.54) is 0 Å². The van der Waals surface area contributed by atoms with Crippen LogP contribution in [0.15, 0.2) is 15.8 Å². The number of aliphatic hydroxyl groups is 3. The van der Waals surface area contributed by atoms with E-state index in [0.717, 1.165) is 10.8 Å². The van der Waals surface area contributed by atoms with E-state index in [1.54, 1.807) is 0 Å². The van der Waals surface area contributed by atoms with Gasteiger partial charge in [0.05, 0.1) is 6.61 Å². The van der Waals surface area contributed by atoms with Crippen molar-refractivity contribution >= 4 is 5.69 Å². The topological polar surface area (TPSA) is 151 Å². The second kappa shape index (κ2) is 4.53. The molecule has 0 saturated carbocycles. The van der Waals surface area contributed by atoms with Crippen LogP contribution in [0.4, 0.5) is 5.69 Å². The number of nitrogens with two attached hydrogens (primary N) is 1. The number of rotatable bonds is 2. The zero-order valence-electron chi connectivity index (χ0n) is 9.18. The summed E-state index contributed by atoms with van der Waals surface area (Å²) in [5.41, 5.74) is 3.55. The maximum Gasteiger partial charge on any atom is 0.330 e. The molecule has 0 aliphatic carbocycles. The van der Waals surface area contributed by atoms with E-state index >= 15 is 0 Å². The molecule has 9 heteroatoms. The highest BCUT2D eigenvalue weighted by Crippen LogP contribution is 2.27. The fourth-order valence-electron chi connectivity index (χ4n) is 1.80. The van der Waals surface area contributed by atoms with Crippen molar-refractivity contribution in [3.8, 4) is 0 Å². The molecule has 100 valence electrons. The summed E-state index contributed by atoms with van der Waals surface area (Å²) in [7, 11) is 0. The standard InChI is InChI=1S/C9H13N3O6/c10-3-1-12(9(17)11-7(3)16)8-6(15)5(14)4(2-13)18-8/h1,4-6,8,13-15H,2,10H2,(H,11,16,17)/t4-,5-,6?,8-/m1/s1. The molecular formula is C9H13N3O6. The van der Waals surface area contributed by atoms with Crippen LogP contribution in [-0.2, 0) is 4.74 Å². The van der Waals surface area contributed by atoms with Gasteiger partial charge in [-0.2, -0.15) is 0 Å². The largest absolute Gasteiger partial charge is 0.394 e. The van der Waals surface area contributed by atoms with Crippen LogP contribution in [0, 0.1) is 0 Å². The highest BCUT2D eigenvalue weighted by molar-refractivity contribution is 5.30. The van der Waals surface area contributed by atoms with Gasteiger partial charge in [0.1, 0.15) is 24.0 Å². The Kier molecular flexibility index (Phi) is 3.22. The Bertz CT molecular complexity index is 552. The first-order chi connectivity index (χ1) is 8.45. The Morgan fingerprint density at radius 3 is 2.61 bits per heavy atom. The summed E-state index contributed by atoms with van der Waals surface area (Å²) in [6.07, 6.45) is -3.96. The monoisotopic (exact) mass is 259 g/mol. The van der Waals surface area contributed by atoms with Crippen LogP contribution >= 0.6 is 0 Å². The number of anilines is 1. The van der Waals surface area contributed by atoms with Gasteiger partial charge in [0.15, 0.2) is 6.23 Å². The minimum atomic E-state index is -1.41. The molecular weight excluding hydrogens is 246 g/mol. The average Bonchev–Trinajstić information content (AvgIpc) is 2.61. The van der Waals surface area contributed by atoms with Crippen molar-refractivity contribution in [2.45, 2.75) is 24.5 Å². The second-order valence-electron chi connectivity index (χ2n) is 3.98. The summed E-state index contributed by atoms with van der Waals surface area (Å²) in [4.78, 5) is 24.6. The van der Waals surface area contributed by atoms with Crippen molar-refractivity contribution in [1.82, 2.24) is 9.55 Å². The number of aromatic nitrogens is 2. The van der Waals surface area contributed by atoms with Gasteiger partial charge < -0.3 is 25.8 Å². The van der Waals surface area contributed by atoms with Gasteiger partial charge in [-0.1, -0.05) is 0 Å². The third-order valence-corrected chi connectivity index (χ3v) is 2.79. The van der Waals surface area contributed by atoms with Crippen molar-refractivity contribution < 1.29 is 20.1 Å². The van der Waals surface area contributed by atoms with Crippen LogP contribution in [0.5, 0.6) is 0 Å². The summed E-state index contributed by atoms with van der Waals surface area (Å²) >= 11 is 0. The molecule has 1 aromatic rings. The predicted octanol–water partition coefficient (Wildman–Crippen LogP) is -3.27. The van der Waals surface area contributed by atoms with Gasteiger partial charge in [-0.3, -0.25) is 14.3 Å². The van der Waals surface area contributed by atoms with Crippen molar-refractivity contribution in [3.05, 3.63) is 27.0 Å². The van der Waals surface area contributed by atoms with Gasteiger partial charge in [0.2, 0.25) is 0 Å². The number of hydrogen-bond acceptors (Lipinski definition) is 7. The van der Waals surface area contributed by atoms with Gasteiger partial charge in [-0.05, 0) is 0 Å². The number of aliphatic hydroxyl groups excluding tert-OH is 3. The summed E-state index contributed by atoms with van der Waals surface area (Å²) < 4.78 is 5.99. The molecule has 1 unspecified atom stereocenters. The number of ether oxygens (including phenoxy) is 1. The fraction of sp³-hybridized carbons (Fsp3) is 0.556. The molecule has 1 aliphatic heterocycles. The van der Waals surface area contributed by atoms with Crippen molar-refractivity contribution in [3.63, 3.8) is 0 Å². The molecule has 6 N–H and O–H groups in total. The van der Waals surface area contributed by atoms with Crippen molar-refractivity contribution in [2.24, 2.45) is 0 Å². The number of nitrogens with one attached hydrogen (secondary N) is 1. The Hall–Kier alpha value is -1.68. The Balaban J connectivity index is 2.42. The first-order valence-corrected chi connectivity index (χ1v) is 5.19. The number of aromatic amines is 1. The van der Waals surface area contributed by atoms with Crippen LogP contribution in [0.3, 0.4) is 0 Å². The molecule has 4 atom stereocenters. The molecule has 2 rings (SSSR count). The highest BCUT2D eigenvalue weighted by Gasteiger charge is 2.43. The Labute approximate surface area is 100 Å². The molecule has 1 fully saturated rings. The third kappa shape index (κ3) is 1.93. The lowest BCUT2D eigenvalue weighted by Gasteiger charge is -2.17. The number of H-pyrrole nitrogens is 1. The van der Waals surface area contributed by atoms with E-state index in [2.05, 4.69) is 0 Å². The first kappa shape index (κ1) is 12.8. The van der Waals surface area contributed by atoms with E-state index in [1.807, 2.05) is 4.98 Å². The lowest BCUT2D eigenvalue weighted by atomic mass is 10.1. The van der Waals surface area contributed by atoms with Crippen LogP contribution in [0.25, 0.3) is 0 Å². The normalized spacial score (nSPS) is 31.7. The van der Waals surface area contributed by atoms with Crippen LogP contribution < -0.4 is 17.0 Å². The van der Waals surface area contributed by atoms with E-state index in [9.17, 15) is 19.8 Å². The summed E-state index contributed by atoms with van der Waals surface area (Å²) in [6.45, 7) is -0.512. The van der Waals surface area contributed by atoms with Gasteiger partial charge in [0, 0.05) is 6.20 Å². The molecule has 0 spiro atoms. The first-order valence-electron chi connectivity index (χ1n) is 5.19. The lowest BCUT2D eigenvalue weighted by molar-refractivity contribution is -0.0549. The van der Waals surface area contributed by atoms with Crippen molar-refractivity contribution in [2.75, 3.05) is 12.3 Å². The quantitative estimate of drug-likeness (QED) is 0.373. The molecule has 18 heavy (non-hydrogen) atoms. The zero-order chi connectivity index (χ0) is 13.4. The van der Waals surface area contributed by atoms with E-state index in [-0.39, 0.29) is 5.69 Å². The summed E-state index contributed by atoms with van der Waals surface area (Å²) in [6, 6.07) is 0. The van der Waals surface area contributed by atoms with Crippen LogP contribution in [0.2, 0.25) is 0 Å². The predicted molar refractivity (Wildman–Crippen MR) is 58.7 cm³/mol. The zero-order valence-corrected chi connectivity index (χ0v) is 9.18. The molecule has 0 aromatic carbocycles. The number of nitrogen functional groups attached to an aromatic ring is 1. The van der Waals surface area contributed by atoms with Gasteiger partial charge in [-0.25, -0.2) is 4.79 Å². The van der Waals surface area contributed by atoms with E-state index in [0.29, 0.717) is 0 Å². The molecule has 1 saturated heterocycles. The third-order valence-electron chi connectivity index (χ3n) is 2.79. The summed E-state index contributed by atoms with van der Waals surface area (Å²) in [5.74, 6) is 0. The Morgan fingerprint density at radius 1 is 1.39 bits per heavy atom. The van der Waals surface area contributed by atoms with Crippen LogP contribution in [-0.4, -0.2) is 49.8 Å². The SMILES string of the molecule is Nc1cn([C@@H]2O[C@H](CO)[C@@H](O)C2O)c(=O)[nH]c1=O. The maximum atomic E-state index is 11.5. The molecule has 1 aliphatic rings. The highest BCUT2D eigenvalue weighted by atomic mass is 16.6. The minimum absolute atomic E-state index is 0.229. The number of nitrogens with zero attached hydrogens (tertiary/aromatic N) is 1. The smallest absolute Gasteiger partial charge is 0.330 e. The second-order valence-corrected chi connectivity index (χ2v) is 3.98. The average molecular weight is 259 g/mol. The van der Waals surface area contributed by atoms with Gasteiger partial charge in [0.25, 0.3) is 5.56 Å². The molecule has 2 heterocycles. The minimum Gasteiger partial charge on any atom is -0.394 e. The van der Waals surface area contributed by atoms with Gasteiger partial charge >= 0.3 is 5.69 Å². The molecule has 0 bridgehead atoms.